The summed E-state index contributed by atoms with van der Waals surface area (Å²) in [6.07, 6.45) is 7.21. The molecule has 35 heavy (non-hydrogen) atoms. The van der Waals surface area contributed by atoms with Crippen molar-refractivity contribution >= 4 is 21.7 Å². The molecule has 0 aromatic heterocycles. The Balaban J connectivity index is 1.60. The molecule has 1 saturated heterocycles. The zero-order chi connectivity index (χ0) is 24.9. The van der Waals surface area contributed by atoms with Crippen LogP contribution in [0, 0.1) is 17.2 Å². The molecule has 2 aromatic carbocycles. The number of urea groups is 1. The van der Waals surface area contributed by atoms with E-state index in [4.69, 9.17) is 5.73 Å². The number of anilines is 1. The molecule has 4 rings (SSSR count). The number of benzene rings is 2. The number of hydrogen-bond acceptors (Lipinski definition) is 4. The second kappa shape index (κ2) is 10.8. The molecule has 0 atom stereocenters. The van der Waals surface area contributed by atoms with E-state index in [1.165, 1.54) is 0 Å². The summed E-state index contributed by atoms with van der Waals surface area (Å²) in [6.45, 7) is 0.874. The molecule has 1 heterocycles. The van der Waals surface area contributed by atoms with E-state index in [-0.39, 0.29) is 11.7 Å². The van der Waals surface area contributed by atoms with Crippen molar-refractivity contribution in [2.45, 2.75) is 62.7 Å². The van der Waals surface area contributed by atoms with Crippen molar-refractivity contribution in [3.63, 3.8) is 0 Å². The number of piperidine rings is 1. The topological polar surface area (TPSA) is 108 Å². The number of nitrogens with two attached hydrogens (primary N) is 1. The van der Waals surface area contributed by atoms with Gasteiger partial charge in [0.25, 0.3) is 0 Å². The van der Waals surface area contributed by atoms with E-state index in [1.807, 2.05) is 36.4 Å². The summed E-state index contributed by atoms with van der Waals surface area (Å²) in [5, 5.41) is 9.41. The van der Waals surface area contributed by atoms with Crippen LogP contribution in [0.4, 0.5) is 10.5 Å². The van der Waals surface area contributed by atoms with Crippen LogP contribution in [0.1, 0.15) is 62.5 Å². The number of sulfonamides is 1. The Morgan fingerprint density at radius 3 is 2.29 bits per heavy atom. The number of primary amides is 1. The third-order valence-electron chi connectivity index (χ3n) is 7.67. The van der Waals surface area contributed by atoms with Gasteiger partial charge in [0.05, 0.1) is 22.9 Å². The van der Waals surface area contributed by atoms with E-state index < -0.39 is 21.6 Å². The number of nitrogens with zero attached hydrogens (tertiary/aromatic N) is 3. The van der Waals surface area contributed by atoms with E-state index in [2.05, 4.69) is 6.07 Å². The first kappa shape index (κ1) is 25.2. The van der Waals surface area contributed by atoms with Gasteiger partial charge in [0, 0.05) is 18.8 Å². The standard InChI is InChI=1S/C27H34N4O3S/c28-20-23-11-8-12-25(19-23)31(26(29)32)27(15-6-1-2-7-16-27)24-13-17-30(18-14-24)35(33,34)21-22-9-4-3-5-10-22/h3-5,8-12,19,24H,1-2,6-7,13-18,21H2,(H2,29,32). The van der Waals surface area contributed by atoms with Crippen molar-refractivity contribution in [3.8, 4) is 6.07 Å². The van der Waals surface area contributed by atoms with Crippen molar-refractivity contribution in [3.05, 3.63) is 65.7 Å². The van der Waals surface area contributed by atoms with E-state index in [0.717, 1.165) is 44.1 Å². The Bertz CT molecular complexity index is 1160. The Labute approximate surface area is 208 Å². The van der Waals surface area contributed by atoms with Crippen molar-refractivity contribution in [1.82, 2.24) is 4.31 Å². The first-order chi connectivity index (χ1) is 16.9. The van der Waals surface area contributed by atoms with Gasteiger partial charge in [-0.25, -0.2) is 17.5 Å². The minimum Gasteiger partial charge on any atom is -0.351 e. The van der Waals surface area contributed by atoms with Gasteiger partial charge in [-0.1, -0.05) is 62.1 Å². The lowest BCUT2D eigenvalue weighted by molar-refractivity contribution is 0.151. The van der Waals surface area contributed by atoms with Gasteiger partial charge in [0.1, 0.15) is 0 Å². The maximum atomic E-state index is 13.1. The first-order valence-corrected chi connectivity index (χ1v) is 14.1. The van der Waals surface area contributed by atoms with Crippen LogP contribution in [0.5, 0.6) is 0 Å². The molecule has 2 aliphatic rings. The predicted octanol–water partition coefficient (Wildman–Crippen LogP) is 4.78. The van der Waals surface area contributed by atoms with Gasteiger partial charge in [-0.15, -0.1) is 0 Å². The monoisotopic (exact) mass is 494 g/mol. The van der Waals surface area contributed by atoms with Gasteiger partial charge in [-0.2, -0.15) is 5.26 Å². The summed E-state index contributed by atoms with van der Waals surface area (Å²) in [7, 11) is -3.42. The summed E-state index contributed by atoms with van der Waals surface area (Å²) in [5.41, 5.74) is 7.45. The molecule has 1 aliphatic heterocycles. The molecule has 2 N–H and O–H groups in total. The molecule has 2 fully saturated rings. The average Bonchev–Trinajstić information content (AvgIpc) is 3.11. The molecule has 0 unspecified atom stereocenters. The Hall–Kier alpha value is -2.89. The zero-order valence-corrected chi connectivity index (χ0v) is 20.9. The maximum absolute atomic E-state index is 13.1. The fourth-order valence-electron chi connectivity index (χ4n) is 6.02. The molecule has 0 spiro atoms. The zero-order valence-electron chi connectivity index (χ0n) is 20.1. The molecule has 8 heteroatoms. The summed E-state index contributed by atoms with van der Waals surface area (Å²) < 4.78 is 27.8. The van der Waals surface area contributed by atoms with E-state index in [0.29, 0.717) is 37.2 Å². The number of nitriles is 1. The highest BCUT2D eigenvalue weighted by Crippen LogP contribution is 2.45. The average molecular weight is 495 g/mol. The van der Waals surface area contributed by atoms with Crippen LogP contribution in [0.25, 0.3) is 0 Å². The van der Waals surface area contributed by atoms with E-state index >= 15 is 0 Å². The highest BCUT2D eigenvalue weighted by atomic mass is 32.2. The van der Waals surface area contributed by atoms with Crippen LogP contribution in [0.2, 0.25) is 0 Å². The summed E-state index contributed by atoms with van der Waals surface area (Å²) in [6, 6.07) is 18.0. The van der Waals surface area contributed by atoms with Crippen molar-refractivity contribution in [2.75, 3.05) is 18.0 Å². The smallest absolute Gasteiger partial charge is 0.319 e. The summed E-state index contributed by atoms with van der Waals surface area (Å²) in [4.78, 5) is 14.7. The fourth-order valence-corrected chi connectivity index (χ4v) is 7.58. The Morgan fingerprint density at radius 2 is 1.69 bits per heavy atom. The molecule has 2 aromatic rings. The highest BCUT2D eigenvalue weighted by molar-refractivity contribution is 7.88. The molecule has 1 aliphatic carbocycles. The quantitative estimate of drug-likeness (QED) is 0.583. The molecule has 0 radical (unpaired) electrons. The van der Waals surface area contributed by atoms with Crippen LogP contribution in [-0.4, -0.2) is 37.4 Å². The molecule has 1 saturated carbocycles. The lowest BCUT2D eigenvalue weighted by atomic mass is 9.72. The second-order valence-corrected chi connectivity index (χ2v) is 11.7. The van der Waals surface area contributed by atoms with Crippen LogP contribution in [0.3, 0.4) is 0 Å². The molecule has 7 nitrogen and oxygen atoms in total. The fraction of sp³-hybridized carbons (Fsp3) is 0.481. The van der Waals surface area contributed by atoms with Crippen LogP contribution >= 0.6 is 0 Å². The van der Waals surface area contributed by atoms with Gasteiger partial charge >= 0.3 is 6.03 Å². The lowest BCUT2D eigenvalue weighted by Crippen LogP contribution is -2.60. The summed E-state index contributed by atoms with van der Waals surface area (Å²) in [5.74, 6) is 0.125. The predicted molar refractivity (Wildman–Crippen MR) is 137 cm³/mol. The Morgan fingerprint density at radius 1 is 1.03 bits per heavy atom. The lowest BCUT2D eigenvalue weighted by Gasteiger charge is -2.50. The number of hydrogen-bond donors (Lipinski definition) is 1. The van der Waals surface area contributed by atoms with Crippen molar-refractivity contribution in [2.24, 2.45) is 11.7 Å². The number of amides is 2. The molecular weight excluding hydrogens is 460 g/mol. The Kier molecular flexibility index (Phi) is 7.78. The van der Waals surface area contributed by atoms with Crippen molar-refractivity contribution < 1.29 is 13.2 Å². The molecule has 186 valence electrons. The van der Waals surface area contributed by atoms with Gasteiger partial charge in [-0.05, 0) is 55.4 Å². The van der Waals surface area contributed by atoms with Gasteiger partial charge < -0.3 is 5.73 Å². The maximum Gasteiger partial charge on any atom is 0.319 e. The van der Waals surface area contributed by atoms with Crippen LogP contribution in [-0.2, 0) is 15.8 Å². The third kappa shape index (κ3) is 5.52. The highest BCUT2D eigenvalue weighted by Gasteiger charge is 2.47. The van der Waals surface area contributed by atoms with Gasteiger partial charge in [0.15, 0.2) is 0 Å². The minimum atomic E-state index is -3.42. The van der Waals surface area contributed by atoms with Gasteiger partial charge in [0.2, 0.25) is 10.0 Å². The second-order valence-electron chi connectivity index (χ2n) is 9.77. The largest absolute Gasteiger partial charge is 0.351 e. The first-order valence-electron chi connectivity index (χ1n) is 12.5. The van der Waals surface area contributed by atoms with Gasteiger partial charge in [-0.3, -0.25) is 4.90 Å². The third-order valence-corrected chi connectivity index (χ3v) is 9.52. The van der Waals surface area contributed by atoms with Crippen LogP contribution < -0.4 is 10.6 Å². The SMILES string of the molecule is N#Cc1cccc(N(C(N)=O)C2(C3CCN(S(=O)(=O)Cc4ccccc4)CC3)CCCCCC2)c1. The molecule has 0 bridgehead atoms. The van der Waals surface area contributed by atoms with Crippen LogP contribution in [0.15, 0.2) is 54.6 Å². The van der Waals surface area contributed by atoms with E-state index in [1.54, 1.807) is 27.4 Å². The van der Waals surface area contributed by atoms with E-state index in [9.17, 15) is 18.5 Å². The number of carbonyl (C=O) groups excluding carboxylic acids is 1. The number of carbonyl (C=O) groups is 1. The summed E-state index contributed by atoms with van der Waals surface area (Å²) >= 11 is 0. The minimum absolute atomic E-state index is 0.00197. The van der Waals surface area contributed by atoms with Crippen molar-refractivity contribution in [1.29, 1.82) is 5.26 Å². The normalized spacial score (nSPS) is 19.4. The molecular formula is C27H34N4O3S. The number of rotatable bonds is 6. The molecule has 2 amide bonds.